The van der Waals surface area contributed by atoms with Crippen LogP contribution in [0.1, 0.15) is 16.7 Å². The van der Waals surface area contributed by atoms with Gasteiger partial charge in [-0.2, -0.15) is 0 Å². The second-order valence-electron chi connectivity index (χ2n) is 5.28. The quantitative estimate of drug-likeness (QED) is 0.632. The van der Waals surface area contributed by atoms with Crippen LogP contribution in [0.5, 0.6) is 0 Å². The molecule has 0 N–H and O–H groups in total. The molecular weight excluding hydrogens is 280 g/mol. The number of rotatable bonds is 2. The van der Waals surface area contributed by atoms with E-state index in [-0.39, 0.29) is 5.63 Å². The summed E-state index contributed by atoms with van der Waals surface area (Å²) in [4.78, 5) is 13.8. The Morgan fingerprint density at radius 2 is 1.57 bits per heavy atom. The first kappa shape index (κ1) is 14.0. The van der Waals surface area contributed by atoms with E-state index in [1.54, 1.807) is 17.8 Å². The van der Waals surface area contributed by atoms with Crippen molar-refractivity contribution >= 4 is 22.7 Å². The van der Waals surface area contributed by atoms with Gasteiger partial charge in [0, 0.05) is 21.2 Å². The van der Waals surface area contributed by atoms with Crippen LogP contribution >= 0.6 is 11.8 Å². The number of fused-ring (bicyclic) bond motifs is 1. The monoisotopic (exact) mass is 296 g/mol. The van der Waals surface area contributed by atoms with Crippen molar-refractivity contribution in [3.63, 3.8) is 0 Å². The fourth-order valence-corrected chi connectivity index (χ4v) is 3.16. The molecule has 2 nitrogen and oxygen atoms in total. The van der Waals surface area contributed by atoms with Crippen molar-refractivity contribution in [1.82, 2.24) is 0 Å². The Hall–Kier alpha value is -2.00. The molecule has 21 heavy (non-hydrogen) atoms. The molecule has 0 saturated heterocycles. The Balaban J connectivity index is 2.15. The first-order valence-electron chi connectivity index (χ1n) is 6.82. The van der Waals surface area contributed by atoms with Gasteiger partial charge < -0.3 is 4.42 Å². The second kappa shape index (κ2) is 5.41. The van der Waals surface area contributed by atoms with E-state index >= 15 is 0 Å². The van der Waals surface area contributed by atoms with Gasteiger partial charge in [0.1, 0.15) is 5.58 Å². The molecule has 0 radical (unpaired) electrons. The average Bonchev–Trinajstić information content (AvgIpc) is 2.43. The third kappa shape index (κ3) is 2.88. The first-order valence-corrected chi connectivity index (χ1v) is 7.64. The van der Waals surface area contributed by atoms with Gasteiger partial charge in [-0.05, 0) is 56.2 Å². The molecule has 0 fully saturated rings. The number of hydrogen-bond donors (Lipinski definition) is 0. The van der Waals surface area contributed by atoms with E-state index < -0.39 is 0 Å². The molecule has 0 spiro atoms. The molecule has 3 aromatic rings. The van der Waals surface area contributed by atoms with Gasteiger partial charge in [-0.25, -0.2) is 4.79 Å². The molecule has 106 valence electrons. The molecule has 0 aliphatic heterocycles. The van der Waals surface area contributed by atoms with Crippen molar-refractivity contribution in [1.29, 1.82) is 0 Å². The van der Waals surface area contributed by atoms with Gasteiger partial charge in [-0.3, -0.25) is 0 Å². The van der Waals surface area contributed by atoms with E-state index in [1.165, 1.54) is 11.1 Å². The van der Waals surface area contributed by atoms with E-state index in [2.05, 4.69) is 44.2 Å². The molecule has 0 aliphatic carbocycles. The lowest BCUT2D eigenvalue weighted by Gasteiger charge is -2.08. The summed E-state index contributed by atoms with van der Waals surface area (Å²) in [5.41, 5.74) is 3.90. The third-order valence-electron chi connectivity index (χ3n) is 3.57. The summed E-state index contributed by atoms with van der Waals surface area (Å²) in [7, 11) is 0. The summed E-state index contributed by atoms with van der Waals surface area (Å²) in [6.45, 7) is 6.15. The highest BCUT2D eigenvalue weighted by Crippen LogP contribution is 2.33. The van der Waals surface area contributed by atoms with Crippen LogP contribution in [0, 0.1) is 20.8 Å². The molecule has 0 unspecified atom stereocenters. The lowest BCUT2D eigenvalue weighted by Crippen LogP contribution is -1.98. The molecular formula is C18H16O2S. The summed E-state index contributed by atoms with van der Waals surface area (Å²) >= 11 is 1.59. The summed E-state index contributed by atoms with van der Waals surface area (Å²) in [6.07, 6.45) is 0. The molecule has 1 aromatic heterocycles. The zero-order chi connectivity index (χ0) is 15.0. The smallest absolute Gasteiger partial charge is 0.337 e. The van der Waals surface area contributed by atoms with Crippen LogP contribution in [-0.2, 0) is 0 Å². The Morgan fingerprint density at radius 3 is 2.29 bits per heavy atom. The number of aryl methyl sites for hydroxylation is 3. The van der Waals surface area contributed by atoms with Crippen LogP contribution < -0.4 is 5.63 Å². The summed E-state index contributed by atoms with van der Waals surface area (Å²) < 4.78 is 5.33. The minimum atomic E-state index is -0.305. The van der Waals surface area contributed by atoms with E-state index in [1.807, 2.05) is 13.0 Å². The standard InChI is InChI=1S/C18H16O2S/c1-11-4-6-14(7-5-11)21-17-10-18(19)20-16-9-13(3)12(2)8-15(16)17/h4-10H,1-3H3. The lowest BCUT2D eigenvalue weighted by molar-refractivity contribution is 0.557. The molecule has 0 amide bonds. The van der Waals surface area contributed by atoms with Gasteiger partial charge in [0.25, 0.3) is 0 Å². The predicted molar refractivity (Wildman–Crippen MR) is 87.3 cm³/mol. The van der Waals surface area contributed by atoms with E-state index in [9.17, 15) is 4.79 Å². The molecule has 1 heterocycles. The number of benzene rings is 2. The SMILES string of the molecule is Cc1ccc(Sc2cc(=O)oc3cc(C)c(C)cc23)cc1. The first-order chi connectivity index (χ1) is 10.0. The van der Waals surface area contributed by atoms with Crippen molar-refractivity contribution in [3.8, 4) is 0 Å². The van der Waals surface area contributed by atoms with Crippen molar-refractivity contribution in [3.05, 3.63) is 69.6 Å². The number of hydrogen-bond acceptors (Lipinski definition) is 3. The van der Waals surface area contributed by atoms with Gasteiger partial charge in [0.2, 0.25) is 0 Å². The summed E-state index contributed by atoms with van der Waals surface area (Å²) in [5, 5.41) is 0.989. The average molecular weight is 296 g/mol. The van der Waals surface area contributed by atoms with Crippen molar-refractivity contribution in [2.24, 2.45) is 0 Å². The normalized spacial score (nSPS) is 11.0. The third-order valence-corrected chi connectivity index (χ3v) is 4.64. The highest BCUT2D eigenvalue weighted by atomic mass is 32.2. The molecule has 3 heteroatoms. The van der Waals surface area contributed by atoms with Crippen molar-refractivity contribution < 1.29 is 4.42 Å². The van der Waals surface area contributed by atoms with Gasteiger partial charge in [0.15, 0.2) is 0 Å². The van der Waals surface area contributed by atoms with Gasteiger partial charge in [-0.15, -0.1) is 0 Å². The van der Waals surface area contributed by atoms with E-state index in [0.29, 0.717) is 5.58 Å². The Bertz CT molecular complexity index is 861. The van der Waals surface area contributed by atoms with Gasteiger partial charge in [-0.1, -0.05) is 29.5 Å². The molecule has 0 atom stereocenters. The van der Waals surface area contributed by atoms with Crippen LogP contribution in [0.15, 0.2) is 61.5 Å². The van der Waals surface area contributed by atoms with Crippen molar-refractivity contribution in [2.45, 2.75) is 30.6 Å². The highest BCUT2D eigenvalue weighted by molar-refractivity contribution is 7.99. The van der Waals surface area contributed by atoms with Crippen LogP contribution in [-0.4, -0.2) is 0 Å². The second-order valence-corrected chi connectivity index (χ2v) is 6.39. The molecule has 0 bridgehead atoms. The zero-order valence-electron chi connectivity index (χ0n) is 12.3. The van der Waals surface area contributed by atoms with E-state index in [4.69, 9.17) is 4.42 Å². The van der Waals surface area contributed by atoms with Gasteiger partial charge >= 0.3 is 5.63 Å². The molecule has 3 rings (SSSR count). The summed E-state index contributed by atoms with van der Waals surface area (Å²) in [6, 6.07) is 13.9. The molecule has 0 saturated carbocycles. The minimum absolute atomic E-state index is 0.305. The summed E-state index contributed by atoms with van der Waals surface area (Å²) in [5.74, 6) is 0. The molecule has 2 aromatic carbocycles. The maximum atomic E-state index is 11.8. The fraction of sp³-hybridized carbons (Fsp3) is 0.167. The largest absolute Gasteiger partial charge is 0.423 e. The van der Waals surface area contributed by atoms with Crippen LogP contribution in [0.25, 0.3) is 11.0 Å². The molecule has 0 aliphatic rings. The fourth-order valence-electron chi connectivity index (χ4n) is 2.21. The maximum Gasteiger partial charge on any atom is 0.337 e. The Kier molecular flexibility index (Phi) is 3.60. The highest BCUT2D eigenvalue weighted by Gasteiger charge is 2.09. The van der Waals surface area contributed by atoms with Crippen LogP contribution in [0.4, 0.5) is 0 Å². The van der Waals surface area contributed by atoms with E-state index in [0.717, 1.165) is 20.7 Å². The topological polar surface area (TPSA) is 30.2 Å². The van der Waals surface area contributed by atoms with Crippen LogP contribution in [0.3, 0.4) is 0 Å². The maximum absolute atomic E-state index is 11.8. The lowest BCUT2D eigenvalue weighted by atomic mass is 10.1. The Morgan fingerprint density at radius 1 is 0.905 bits per heavy atom. The zero-order valence-corrected chi connectivity index (χ0v) is 13.1. The predicted octanol–water partition coefficient (Wildman–Crippen LogP) is 4.87. The van der Waals surface area contributed by atoms with Gasteiger partial charge in [0.05, 0.1) is 0 Å². The Labute approximate surface area is 127 Å². The van der Waals surface area contributed by atoms with Crippen molar-refractivity contribution in [2.75, 3.05) is 0 Å². The van der Waals surface area contributed by atoms with Crippen LogP contribution in [0.2, 0.25) is 0 Å². The minimum Gasteiger partial charge on any atom is -0.423 e.